The highest BCUT2D eigenvalue weighted by atomic mass is 79.9. The maximum Gasteiger partial charge on any atom is 0.269 e. The first kappa shape index (κ1) is 23.7. The van der Waals surface area contributed by atoms with Crippen LogP contribution in [0.5, 0.6) is 5.75 Å². The van der Waals surface area contributed by atoms with Gasteiger partial charge in [-0.2, -0.15) is 5.26 Å². The smallest absolute Gasteiger partial charge is 0.269 e. The Bertz CT molecular complexity index is 1300. The monoisotopic (exact) mass is 505 g/mol. The first-order valence-corrected chi connectivity index (χ1v) is 10.7. The molecule has 3 rings (SSSR count). The fourth-order valence-corrected chi connectivity index (χ4v) is 3.53. The van der Waals surface area contributed by atoms with Crippen LogP contribution in [0.1, 0.15) is 22.3 Å². The molecule has 0 spiro atoms. The molecule has 0 aliphatic rings. The number of benzene rings is 3. The molecule has 3 aromatic carbocycles. The summed E-state index contributed by atoms with van der Waals surface area (Å²) in [5.41, 5.74) is 3.83. The molecular weight excluding hydrogens is 486 g/mol. The molecule has 0 aromatic heterocycles. The molecular formula is C25H20BrN3O4. The van der Waals surface area contributed by atoms with Crippen molar-refractivity contribution in [1.29, 1.82) is 5.26 Å². The quantitative estimate of drug-likeness (QED) is 0.181. The molecule has 0 radical (unpaired) electrons. The highest BCUT2D eigenvalue weighted by Gasteiger charge is 2.12. The zero-order valence-corrected chi connectivity index (χ0v) is 19.5. The molecule has 166 valence electrons. The minimum absolute atomic E-state index is 0.00110. The third kappa shape index (κ3) is 6.28. The van der Waals surface area contributed by atoms with E-state index in [4.69, 9.17) is 4.74 Å². The molecule has 7 nitrogen and oxygen atoms in total. The number of carbonyl (C=O) groups excluding carboxylic acids is 1. The fourth-order valence-electron chi connectivity index (χ4n) is 3.02. The Morgan fingerprint density at radius 1 is 1.18 bits per heavy atom. The van der Waals surface area contributed by atoms with Crippen molar-refractivity contribution in [3.05, 3.63) is 103 Å². The van der Waals surface area contributed by atoms with E-state index in [2.05, 4.69) is 21.2 Å². The van der Waals surface area contributed by atoms with Gasteiger partial charge in [0.25, 0.3) is 11.6 Å². The van der Waals surface area contributed by atoms with Crippen molar-refractivity contribution in [2.75, 3.05) is 5.32 Å². The van der Waals surface area contributed by atoms with Crippen molar-refractivity contribution < 1.29 is 14.5 Å². The van der Waals surface area contributed by atoms with Crippen LogP contribution >= 0.6 is 15.9 Å². The number of carbonyl (C=O) groups is 1. The standard InChI is InChI=1S/C25H20BrN3O4/c1-16-6-7-17(2)23(10-16)28-25(30)20(14-27)11-18-8-9-24(22(26)13-18)33-15-19-4-3-5-21(12-19)29(31)32/h3-13H,15H2,1-2H3,(H,28,30)/b20-11+. The number of nitrogens with zero attached hydrogens (tertiary/aromatic N) is 2. The van der Waals surface area contributed by atoms with Gasteiger partial charge in [0.15, 0.2) is 0 Å². The lowest BCUT2D eigenvalue weighted by atomic mass is 10.1. The Hall–Kier alpha value is -3.96. The third-order valence-corrected chi connectivity index (χ3v) is 5.41. The van der Waals surface area contributed by atoms with Crippen molar-refractivity contribution >= 4 is 39.3 Å². The van der Waals surface area contributed by atoms with Crippen LogP contribution in [0, 0.1) is 35.3 Å². The summed E-state index contributed by atoms with van der Waals surface area (Å²) in [7, 11) is 0. The van der Waals surface area contributed by atoms with E-state index in [1.165, 1.54) is 18.2 Å². The lowest BCUT2D eigenvalue weighted by Gasteiger charge is -2.10. The first-order chi connectivity index (χ1) is 15.8. The average Bonchev–Trinajstić information content (AvgIpc) is 2.79. The molecule has 0 aliphatic carbocycles. The number of anilines is 1. The number of nitrogens with one attached hydrogen (secondary N) is 1. The van der Waals surface area contributed by atoms with Crippen molar-refractivity contribution in [2.45, 2.75) is 20.5 Å². The van der Waals surface area contributed by atoms with Crippen LogP contribution in [-0.2, 0) is 11.4 Å². The zero-order valence-electron chi connectivity index (χ0n) is 18.0. The molecule has 1 N–H and O–H groups in total. The van der Waals surface area contributed by atoms with Crippen LogP contribution in [0.4, 0.5) is 11.4 Å². The average molecular weight is 506 g/mol. The highest BCUT2D eigenvalue weighted by Crippen LogP contribution is 2.28. The van der Waals surface area contributed by atoms with Gasteiger partial charge in [-0.3, -0.25) is 14.9 Å². The number of hydrogen-bond donors (Lipinski definition) is 1. The number of amides is 1. The van der Waals surface area contributed by atoms with Gasteiger partial charge in [0, 0.05) is 17.8 Å². The summed E-state index contributed by atoms with van der Waals surface area (Å²) in [6, 6.07) is 19.0. The Balaban J connectivity index is 1.73. The zero-order chi connectivity index (χ0) is 24.0. The summed E-state index contributed by atoms with van der Waals surface area (Å²) in [5.74, 6) is 0.0327. The number of nitro benzene ring substituents is 1. The van der Waals surface area contributed by atoms with Crippen LogP contribution in [-0.4, -0.2) is 10.8 Å². The van der Waals surface area contributed by atoms with E-state index in [0.717, 1.165) is 11.1 Å². The lowest BCUT2D eigenvalue weighted by Crippen LogP contribution is -2.14. The minimum atomic E-state index is -0.492. The molecule has 3 aromatic rings. The highest BCUT2D eigenvalue weighted by molar-refractivity contribution is 9.10. The molecule has 0 saturated heterocycles. The van der Waals surface area contributed by atoms with E-state index in [9.17, 15) is 20.2 Å². The van der Waals surface area contributed by atoms with E-state index in [1.807, 2.05) is 38.1 Å². The first-order valence-electron chi connectivity index (χ1n) is 9.93. The van der Waals surface area contributed by atoms with Crippen molar-refractivity contribution in [3.8, 4) is 11.8 Å². The maximum atomic E-state index is 12.6. The molecule has 0 aliphatic heterocycles. The summed E-state index contributed by atoms with van der Waals surface area (Å²) >= 11 is 3.43. The van der Waals surface area contributed by atoms with E-state index in [-0.39, 0.29) is 17.9 Å². The Morgan fingerprint density at radius 2 is 1.97 bits per heavy atom. The Kier molecular flexibility index (Phi) is 7.59. The van der Waals surface area contributed by atoms with Gasteiger partial charge in [0.1, 0.15) is 24.0 Å². The second-order valence-electron chi connectivity index (χ2n) is 7.35. The van der Waals surface area contributed by atoms with Crippen molar-refractivity contribution in [2.24, 2.45) is 0 Å². The second kappa shape index (κ2) is 10.6. The largest absolute Gasteiger partial charge is 0.488 e. The molecule has 0 heterocycles. The van der Waals surface area contributed by atoms with E-state index >= 15 is 0 Å². The van der Waals surface area contributed by atoms with Crippen LogP contribution in [0.3, 0.4) is 0 Å². The number of aryl methyl sites for hydroxylation is 2. The summed E-state index contributed by atoms with van der Waals surface area (Å²) in [6.07, 6.45) is 1.50. The molecule has 0 bridgehead atoms. The van der Waals surface area contributed by atoms with Gasteiger partial charge in [-0.1, -0.05) is 30.3 Å². The number of rotatable bonds is 7. The molecule has 33 heavy (non-hydrogen) atoms. The molecule has 0 saturated carbocycles. The molecule has 0 atom stereocenters. The van der Waals surface area contributed by atoms with E-state index in [0.29, 0.717) is 27.0 Å². The summed E-state index contributed by atoms with van der Waals surface area (Å²) in [6.45, 7) is 3.96. The third-order valence-electron chi connectivity index (χ3n) is 4.79. The van der Waals surface area contributed by atoms with E-state index < -0.39 is 10.8 Å². The van der Waals surface area contributed by atoms with E-state index in [1.54, 1.807) is 30.3 Å². The predicted octanol–water partition coefficient (Wildman–Crippen LogP) is 6.10. The molecule has 0 unspecified atom stereocenters. The predicted molar refractivity (Wildman–Crippen MR) is 130 cm³/mol. The Morgan fingerprint density at radius 3 is 2.67 bits per heavy atom. The maximum absolute atomic E-state index is 12.6. The van der Waals surface area contributed by atoms with Gasteiger partial charge >= 0.3 is 0 Å². The van der Waals surface area contributed by atoms with Gasteiger partial charge in [-0.05, 0) is 76.3 Å². The van der Waals surface area contributed by atoms with Crippen LogP contribution in [0.15, 0.2) is 70.7 Å². The topological polar surface area (TPSA) is 105 Å². The number of ether oxygens (including phenoxy) is 1. The Labute approximate surface area is 199 Å². The van der Waals surface area contributed by atoms with Crippen molar-refractivity contribution in [1.82, 2.24) is 0 Å². The number of halogens is 1. The SMILES string of the molecule is Cc1ccc(C)c(NC(=O)/C(C#N)=C/c2ccc(OCc3cccc([N+](=O)[O-])c3)c(Br)c2)c1. The van der Waals surface area contributed by atoms with Crippen LogP contribution in [0.25, 0.3) is 6.08 Å². The minimum Gasteiger partial charge on any atom is -0.488 e. The van der Waals surface area contributed by atoms with Gasteiger partial charge in [0.2, 0.25) is 0 Å². The van der Waals surface area contributed by atoms with Gasteiger partial charge in [0.05, 0.1) is 9.40 Å². The fraction of sp³-hybridized carbons (Fsp3) is 0.120. The molecule has 0 fully saturated rings. The van der Waals surface area contributed by atoms with Gasteiger partial charge < -0.3 is 10.1 Å². The number of nitro groups is 1. The lowest BCUT2D eigenvalue weighted by molar-refractivity contribution is -0.384. The molecule has 1 amide bonds. The normalized spacial score (nSPS) is 10.9. The summed E-state index contributed by atoms with van der Waals surface area (Å²) in [4.78, 5) is 23.1. The summed E-state index contributed by atoms with van der Waals surface area (Å²) in [5, 5.41) is 23.2. The second-order valence-corrected chi connectivity index (χ2v) is 8.20. The van der Waals surface area contributed by atoms with Gasteiger partial charge in [-0.25, -0.2) is 0 Å². The van der Waals surface area contributed by atoms with Crippen LogP contribution < -0.4 is 10.1 Å². The molecule has 8 heteroatoms. The van der Waals surface area contributed by atoms with Crippen LogP contribution in [0.2, 0.25) is 0 Å². The van der Waals surface area contributed by atoms with Gasteiger partial charge in [-0.15, -0.1) is 0 Å². The number of non-ortho nitro benzene ring substituents is 1. The summed E-state index contributed by atoms with van der Waals surface area (Å²) < 4.78 is 6.38. The number of nitriles is 1. The van der Waals surface area contributed by atoms with Crippen molar-refractivity contribution in [3.63, 3.8) is 0 Å². The number of hydrogen-bond acceptors (Lipinski definition) is 5.